The molecule has 2 aromatic carbocycles. The number of carbonyl (C=O) groups excluding carboxylic acids is 5. The average molecular weight is 1340 g/mol. The molecule has 32 heteroatoms. The topological polar surface area (TPSA) is 351 Å². The summed E-state index contributed by atoms with van der Waals surface area (Å²) >= 11 is 3.52. The molecule has 0 saturated carbocycles. The summed E-state index contributed by atoms with van der Waals surface area (Å²) in [6.07, 6.45) is -1.15. The highest BCUT2D eigenvalue weighted by atomic mass is 79.9. The van der Waals surface area contributed by atoms with Crippen molar-refractivity contribution < 1.29 is 110 Å². The molecule has 500 valence electrons. The van der Waals surface area contributed by atoms with Gasteiger partial charge < -0.3 is 70.1 Å². The van der Waals surface area contributed by atoms with E-state index in [1.54, 1.807) is 19.6 Å². The molecule has 2 aromatic rings. The second-order valence-electron chi connectivity index (χ2n) is 20.7. The van der Waals surface area contributed by atoms with E-state index >= 15 is 0 Å². The molecular weight excluding hydrogens is 1260 g/mol. The van der Waals surface area contributed by atoms with E-state index in [0.717, 1.165) is 21.2 Å². The van der Waals surface area contributed by atoms with Crippen molar-refractivity contribution in [1.29, 1.82) is 0 Å². The van der Waals surface area contributed by atoms with Gasteiger partial charge in [-0.1, -0.05) is 22.0 Å². The molecule has 1 heterocycles. The lowest BCUT2D eigenvalue weighted by Crippen LogP contribution is -2.52. The summed E-state index contributed by atoms with van der Waals surface area (Å²) in [6.45, 7) is 7.91. The molecule has 3 rings (SSSR count). The van der Waals surface area contributed by atoms with Crippen LogP contribution in [0, 0.1) is 44.0 Å². The third-order valence-corrected chi connectivity index (χ3v) is 14.9. The Morgan fingerprint density at radius 2 is 0.978 bits per heavy atom. The van der Waals surface area contributed by atoms with E-state index in [1.807, 2.05) is 26.8 Å². The molecule has 1 fully saturated rings. The third-order valence-electron chi connectivity index (χ3n) is 13.7. The molecule has 2 atom stereocenters. The quantitative estimate of drug-likeness (QED) is 0.0156. The van der Waals surface area contributed by atoms with Crippen molar-refractivity contribution in [2.45, 2.75) is 84.2 Å². The lowest BCUT2D eigenvalue weighted by atomic mass is 10.0. The summed E-state index contributed by atoms with van der Waals surface area (Å²) in [4.78, 5) is 118. The number of halogens is 5. The largest absolute Gasteiger partial charge is 0.480 e. The highest BCUT2D eigenvalue weighted by Crippen LogP contribution is 2.31. The van der Waals surface area contributed by atoms with E-state index in [-0.39, 0.29) is 202 Å². The number of hydrogen-bond acceptors (Lipinski definition) is 19. The number of amides is 4. The number of unbranched alkanes of at least 4 members (excludes halogenated alkanes) is 1. The fraction of sp³-hybridized carbons (Fsp3) is 0.632. The van der Waals surface area contributed by atoms with Crippen molar-refractivity contribution >= 4 is 75.1 Å². The molecule has 8 N–H and O–H groups in total. The van der Waals surface area contributed by atoms with Gasteiger partial charge in [-0.15, -0.1) is 0 Å². The van der Waals surface area contributed by atoms with Gasteiger partial charge in [-0.2, -0.15) is 8.78 Å². The van der Waals surface area contributed by atoms with Crippen LogP contribution in [0.15, 0.2) is 16.6 Å². The van der Waals surface area contributed by atoms with Gasteiger partial charge in [0.1, 0.15) is 12.1 Å². The van der Waals surface area contributed by atoms with Crippen LogP contribution >= 0.6 is 15.9 Å². The summed E-state index contributed by atoms with van der Waals surface area (Å²) in [7, 11) is 0. The van der Waals surface area contributed by atoms with Gasteiger partial charge in [-0.3, -0.25) is 62.8 Å². The number of benzene rings is 2. The van der Waals surface area contributed by atoms with Gasteiger partial charge in [0, 0.05) is 107 Å². The van der Waals surface area contributed by atoms with Gasteiger partial charge >= 0.3 is 29.8 Å². The Bertz CT molecular complexity index is 2590. The van der Waals surface area contributed by atoms with Crippen LogP contribution in [-0.4, -0.2) is 257 Å². The zero-order chi connectivity index (χ0) is 65.8. The normalized spacial score (nSPS) is 14.6. The zero-order valence-corrected chi connectivity index (χ0v) is 51.9. The molecule has 1 saturated heterocycles. The smallest absolute Gasteiger partial charge is 0.320 e. The van der Waals surface area contributed by atoms with Gasteiger partial charge in [0.2, 0.25) is 41.0 Å². The third kappa shape index (κ3) is 31.2. The Labute approximate surface area is 521 Å². The van der Waals surface area contributed by atoms with Crippen LogP contribution < -0.4 is 26.0 Å². The lowest BCUT2D eigenvalue weighted by Gasteiger charge is -2.35. The first-order valence-corrected chi connectivity index (χ1v) is 29.8. The lowest BCUT2D eigenvalue weighted by molar-refractivity contribution is -0.145. The van der Waals surface area contributed by atoms with Crippen LogP contribution in [0.2, 0.25) is 0 Å². The van der Waals surface area contributed by atoms with Gasteiger partial charge in [0.05, 0.1) is 85.7 Å². The minimum absolute atomic E-state index is 0.0304. The summed E-state index contributed by atoms with van der Waals surface area (Å²) in [5, 5.41) is 49.4. The van der Waals surface area contributed by atoms with E-state index in [4.69, 9.17) is 23.7 Å². The fourth-order valence-corrected chi connectivity index (χ4v) is 9.38. The zero-order valence-electron chi connectivity index (χ0n) is 50.3. The highest BCUT2D eigenvalue weighted by molar-refractivity contribution is 9.10. The Kier molecular flexibility index (Phi) is 36.6. The molecule has 4 amide bonds. The standard InChI is InChI=1S/C57H83BrF4N8O19/c1-37-32-38(2)54(39(3)51(37)58)66-46(73)10-8-42(65-45(72)6-4-5-7-50(80)89-55-52(61)40(59)33-41(60)53(55)62)56(81)64-13-23-85-25-27-87-29-31-88-30-28-86-26-24-84-22-12-63-44(71)11-9-43(57(82)83)70-20-18-68(35-48(76)77)16-14-67(34-47(74)75)15-17-69(19-21-70)36-49(78)79/h32-33,42-43H,4-31,34-36H2,1-3H3,(H,63,71)(H,64,81)(H,65,72)(H,66,73)(H,74,75)(H,76,77)(H,78,79)(H,82,83)/t42-,43?/m0/s1. The maximum atomic E-state index is 13.9. The Hall–Kier alpha value is -6.49. The molecule has 1 aliphatic rings. The van der Waals surface area contributed by atoms with Crippen LogP contribution in [0.25, 0.3) is 0 Å². The molecule has 89 heavy (non-hydrogen) atoms. The van der Waals surface area contributed by atoms with Crippen molar-refractivity contribution in [3.05, 3.63) is 56.6 Å². The number of carboxylic acids is 4. The number of carboxylic acid groups (broad SMARTS) is 4. The highest BCUT2D eigenvalue weighted by Gasteiger charge is 2.30. The molecule has 0 spiro atoms. The second kappa shape index (κ2) is 42.5. The van der Waals surface area contributed by atoms with Gasteiger partial charge in [0.25, 0.3) is 0 Å². The van der Waals surface area contributed by atoms with E-state index in [2.05, 4.69) is 41.9 Å². The second-order valence-corrected chi connectivity index (χ2v) is 21.4. The van der Waals surface area contributed by atoms with Crippen LogP contribution in [0.4, 0.5) is 23.2 Å². The first kappa shape index (κ1) is 76.8. The van der Waals surface area contributed by atoms with Crippen molar-refractivity contribution in [2.75, 3.05) is 156 Å². The van der Waals surface area contributed by atoms with Crippen LogP contribution in [0.1, 0.15) is 68.1 Å². The molecule has 0 aromatic heterocycles. The van der Waals surface area contributed by atoms with E-state index < -0.39 is 101 Å². The predicted molar refractivity (Wildman–Crippen MR) is 313 cm³/mol. The molecule has 27 nitrogen and oxygen atoms in total. The van der Waals surface area contributed by atoms with E-state index in [0.29, 0.717) is 5.69 Å². The summed E-state index contributed by atoms with van der Waals surface area (Å²) in [6, 6.07) is -0.444. The SMILES string of the molecule is Cc1cc(C)c(NC(=O)CC[C@H](NC(=O)CCCCC(=O)Oc2c(F)c(F)cc(F)c2F)C(=O)NCCOCCOCCOCCOCCOCCNC(=O)CCC(C(=O)O)N2CCN(CC(=O)O)CCN(CC(=O)O)CCN(CC(=O)O)CC2)c(C)c1Br. The monoisotopic (exact) mass is 1340 g/mol. The molecule has 0 bridgehead atoms. The number of rotatable bonds is 41. The van der Waals surface area contributed by atoms with Gasteiger partial charge in [0.15, 0.2) is 11.6 Å². The predicted octanol–water partition coefficient (Wildman–Crippen LogP) is 2.32. The number of nitrogens with one attached hydrogen (secondary N) is 4. The molecule has 0 radical (unpaired) electrons. The molecule has 1 aliphatic heterocycles. The van der Waals surface area contributed by atoms with Gasteiger partial charge in [-0.05, 0) is 63.1 Å². The number of anilines is 1. The maximum Gasteiger partial charge on any atom is 0.320 e. The number of nitrogens with zero attached hydrogens (tertiary/aromatic N) is 4. The van der Waals surface area contributed by atoms with Crippen molar-refractivity contribution in [2.24, 2.45) is 0 Å². The fourth-order valence-electron chi connectivity index (χ4n) is 9.07. The number of aryl methyl sites for hydroxylation is 2. The molecule has 1 unspecified atom stereocenters. The van der Waals surface area contributed by atoms with Crippen LogP contribution in [-0.2, 0) is 66.8 Å². The summed E-state index contributed by atoms with van der Waals surface area (Å²) in [5.41, 5.74) is 3.21. The average Bonchev–Trinajstić information content (AvgIpc) is 3.67. The Morgan fingerprint density at radius 1 is 0.539 bits per heavy atom. The van der Waals surface area contributed by atoms with Gasteiger partial charge in [-0.25, -0.2) is 8.78 Å². The van der Waals surface area contributed by atoms with Crippen molar-refractivity contribution in [1.82, 2.24) is 35.6 Å². The van der Waals surface area contributed by atoms with E-state index in [1.165, 1.54) is 0 Å². The maximum absolute atomic E-state index is 13.9. The number of hydrogen-bond donors (Lipinski definition) is 8. The summed E-state index contributed by atoms with van der Waals surface area (Å²) < 4.78 is 87.8. The minimum atomic E-state index is -1.88. The Morgan fingerprint density at radius 3 is 1.45 bits per heavy atom. The molecule has 0 aliphatic carbocycles. The van der Waals surface area contributed by atoms with Crippen LogP contribution in [0.3, 0.4) is 0 Å². The number of aliphatic carboxylic acids is 4. The first-order chi connectivity index (χ1) is 42.4. The van der Waals surface area contributed by atoms with Crippen LogP contribution in [0.5, 0.6) is 5.75 Å². The minimum Gasteiger partial charge on any atom is -0.480 e. The van der Waals surface area contributed by atoms with Crippen molar-refractivity contribution in [3.8, 4) is 5.75 Å². The molecular formula is C57H83BrF4N8O19. The Balaban J connectivity index is 1.29. The van der Waals surface area contributed by atoms with Crippen molar-refractivity contribution in [3.63, 3.8) is 0 Å². The van der Waals surface area contributed by atoms with E-state index in [9.17, 15) is 81.1 Å². The number of esters is 1. The summed E-state index contributed by atoms with van der Waals surface area (Å²) in [5.74, 6) is -16.6. The first-order valence-electron chi connectivity index (χ1n) is 29.0. The number of carbonyl (C=O) groups is 9. The number of ether oxygens (including phenoxy) is 6.